The molecule has 4 aromatic heterocycles. The highest BCUT2D eigenvalue weighted by atomic mass is 35.5. The van der Waals surface area contributed by atoms with Crippen molar-refractivity contribution in [2.75, 3.05) is 26.2 Å². The highest BCUT2D eigenvalue weighted by molar-refractivity contribution is 6.49. The number of hydrogen-bond acceptors (Lipinski definition) is 15. The van der Waals surface area contributed by atoms with Crippen LogP contribution in [0.5, 0.6) is 28.7 Å². The Kier molecular flexibility index (Phi) is 14.9. The summed E-state index contributed by atoms with van der Waals surface area (Å²) in [6.45, 7) is 10.7. The van der Waals surface area contributed by atoms with Gasteiger partial charge in [0.15, 0.2) is 0 Å². The molecule has 3 aliphatic rings. The first-order chi connectivity index (χ1) is 42.2. The zero-order valence-corrected chi connectivity index (χ0v) is 49.7. The number of fused-ring (bicyclic) bond motifs is 6. The molecule has 0 N–H and O–H groups in total. The van der Waals surface area contributed by atoms with Crippen LogP contribution in [0.1, 0.15) is 88.2 Å². The van der Waals surface area contributed by atoms with Gasteiger partial charge in [-0.1, -0.05) is 98.4 Å². The van der Waals surface area contributed by atoms with E-state index in [0.29, 0.717) is 79.2 Å². The van der Waals surface area contributed by atoms with Crippen LogP contribution in [0.3, 0.4) is 0 Å². The Morgan fingerprint density at radius 3 is 1.61 bits per heavy atom. The lowest BCUT2D eigenvalue weighted by molar-refractivity contribution is 0.0647. The normalized spacial score (nSPS) is 14.0. The number of halogens is 4. The molecule has 13 rings (SSSR count). The molecule has 0 radical (unpaired) electrons. The second kappa shape index (κ2) is 22.8. The van der Waals surface area contributed by atoms with Crippen molar-refractivity contribution >= 4 is 123 Å². The molecular formula is C63H44B2Cl4N10O8. The van der Waals surface area contributed by atoms with Gasteiger partial charge in [0.25, 0.3) is 11.8 Å². The third-order valence-corrected chi connectivity index (χ3v) is 16.9. The number of aromatic nitrogens is 6. The third kappa shape index (κ3) is 9.89. The Hall–Kier alpha value is -9.40. The van der Waals surface area contributed by atoms with Crippen molar-refractivity contribution < 1.29 is 37.7 Å². The molecule has 0 bridgehead atoms. The van der Waals surface area contributed by atoms with Crippen molar-refractivity contribution in [3.63, 3.8) is 0 Å². The molecule has 24 heteroatoms. The molecule has 2 amide bonds. The second-order valence-corrected chi connectivity index (χ2v) is 22.5. The molecule has 6 aromatic carbocycles. The minimum Gasteiger partial charge on any atom is -0.503 e. The second-order valence-electron chi connectivity index (χ2n) is 20.9. The fourth-order valence-corrected chi connectivity index (χ4v) is 12.0. The van der Waals surface area contributed by atoms with Crippen LogP contribution in [-0.2, 0) is 0 Å². The van der Waals surface area contributed by atoms with Gasteiger partial charge in [0.1, 0.15) is 63.4 Å². The number of ether oxygens (including phenoxy) is 1. The Bertz CT molecular complexity index is 4650. The number of para-hydroxylation sites is 4. The van der Waals surface area contributed by atoms with Gasteiger partial charge >= 0.3 is 20.5 Å². The Morgan fingerprint density at radius 1 is 0.632 bits per heavy atom. The lowest BCUT2D eigenvalue weighted by Gasteiger charge is -2.20. The smallest absolute Gasteiger partial charge is 0.503 e. The number of carbonyl (C=O) groups excluding carboxylic acids is 3. The summed E-state index contributed by atoms with van der Waals surface area (Å²) in [6.07, 6.45) is 3.52. The summed E-state index contributed by atoms with van der Waals surface area (Å²) in [5.74, 6) is -0.397. The summed E-state index contributed by atoms with van der Waals surface area (Å²) in [6, 6.07) is 36.4. The van der Waals surface area contributed by atoms with Crippen LogP contribution < -0.4 is 34.1 Å². The highest BCUT2D eigenvalue weighted by Gasteiger charge is 2.45. The number of imide groups is 1. The molecule has 87 heavy (non-hydrogen) atoms. The van der Waals surface area contributed by atoms with Crippen molar-refractivity contribution in [2.24, 2.45) is 0 Å². The summed E-state index contributed by atoms with van der Waals surface area (Å²) in [4.78, 5) is 64.1. The molecule has 428 valence electrons. The largest absolute Gasteiger partial charge is 0.743 e. The first-order valence-corrected chi connectivity index (χ1v) is 29.2. The van der Waals surface area contributed by atoms with Crippen molar-refractivity contribution in [3.05, 3.63) is 192 Å². The monoisotopic (exact) mass is 1230 g/mol. The van der Waals surface area contributed by atoms with Gasteiger partial charge in [0.2, 0.25) is 0 Å². The zero-order valence-electron chi connectivity index (χ0n) is 46.6. The van der Waals surface area contributed by atoms with Gasteiger partial charge in [-0.15, -0.1) is 0 Å². The number of nitrogens with zero attached hydrogens (tertiary/aromatic N) is 10. The van der Waals surface area contributed by atoms with Crippen LogP contribution in [0.4, 0.5) is 0 Å². The fraction of sp³-hybridized carbons (Fsp3) is 0.159. The van der Waals surface area contributed by atoms with Gasteiger partial charge in [0.05, 0.1) is 87.6 Å². The summed E-state index contributed by atoms with van der Waals surface area (Å²) in [5, 5.41) is 25.9. The number of carbonyl (C=O) groups is 3. The lowest BCUT2D eigenvalue weighted by Crippen LogP contribution is -2.45. The number of esters is 1. The molecule has 0 unspecified atom stereocenters. The lowest BCUT2D eigenvalue weighted by atomic mass is 10.00. The van der Waals surface area contributed by atoms with Crippen LogP contribution in [0, 0.1) is 22.7 Å². The summed E-state index contributed by atoms with van der Waals surface area (Å²) >= 11 is 26.1. The Balaban J connectivity index is 1.06. The van der Waals surface area contributed by atoms with Crippen molar-refractivity contribution in [2.45, 2.75) is 40.0 Å². The number of benzene rings is 6. The number of hydrogen-bond donors (Lipinski definition) is 0. The van der Waals surface area contributed by atoms with E-state index in [2.05, 4.69) is 30.9 Å². The first kappa shape index (κ1) is 56.7. The van der Waals surface area contributed by atoms with Gasteiger partial charge in [-0.3, -0.25) is 24.5 Å². The van der Waals surface area contributed by atoms with Gasteiger partial charge < -0.3 is 37.2 Å². The van der Waals surface area contributed by atoms with Crippen LogP contribution in [-0.4, -0.2) is 97.2 Å². The Morgan fingerprint density at radius 2 is 1.11 bits per heavy atom. The van der Waals surface area contributed by atoms with E-state index in [9.17, 15) is 24.9 Å². The van der Waals surface area contributed by atoms with E-state index < -0.39 is 38.2 Å². The van der Waals surface area contributed by atoms with E-state index in [1.54, 1.807) is 93.9 Å². The van der Waals surface area contributed by atoms with E-state index in [0.717, 1.165) is 19.6 Å². The molecule has 10 aromatic rings. The molecule has 3 aliphatic heterocycles. The topological polar surface area (TPSA) is 213 Å². The maximum absolute atomic E-state index is 14.1. The molecule has 0 atom stereocenters. The maximum Gasteiger partial charge on any atom is 0.743 e. The zero-order chi connectivity index (χ0) is 60.5. The SMILES string of the molecule is CCN(CC)CCCN1C(=O)c2ccc(C(=O)Oc3ccc(-c4c5/c(=C(\C#N)c6cnc7cc(Cl)c(Cl)cc7n6)n(B6Oc7ccccc7O6)c(C(C)C)c5/c(=C(\C#N)c5cnc6cc(Cl)c(Cl)cc6n5)n4B4Oc5ccccc5O4)cc3)cc2C1=O. The van der Waals surface area contributed by atoms with Gasteiger partial charge in [-0.05, 0) is 129 Å². The quantitative estimate of drug-likeness (QED) is 0.0429. The van der Waals surface area contributed by atoms with Crippen LogP contribution >= 0.6 is 46.4 Å². The van der Waals surface area contributed by atoms with E-state index in [1.807, 2.05) is 26.0 Å². The number of amides is 2. The minimum absolute atomic E-state index is 0.00428. The molecule has 0 fully saturated rings. The minimum atomic E-state index is -1.35. The van der Waals surface area contributed by atoms with Crippen LogP contribution in [0.15, 0.2) is 128 Å². The average molecular weight is 1230 g/mol. The molecule has 7 heterocycles. The molecule has 0 saturated heterocycles. The van der Waals surface area contributed by atoms with Crippen molar-refractivity contribution in [1.29, 1.82) is 10.5 Å². The van der Waals surface area contributed by atoms with Gasteiger partial charge in [-0.25, -0.2) is 14.8 Å². The third-order valence-electron chi connectivity index (χ3n) is 15.5. The molecule has 0 aliphatic carbocycles. The molecule has 18 nitrogen and oxygen atoms in total. The predicted molar refractivity (Wildman–Crippen MR) is 331 cm³/mol. The van der Waals surface area contributed by atoms with E-state index in [1.165, 1.54) is 35.5 Å². The van der Waals surface area contributed by atoms with E-state index in [4.69, 9.17) is 89.7 Å². The molecule has 0 spiro atoms. The standard InChI is InChI=1S/C63H44B2Cl4N10O8/c1-5-76(6-2)22-11-23-77-61(80)37-21-18-35(24-38(37)62(77)81)63(82)83-36-19-16-34(17-20-36)58-56-55(59(79(58)65-86-53-14-9-10-15-54(53)87-65)39(29-70)49-31-72-45-25-41(66)43(68)27-47(45)74-49)57(33(3)4)78(64-84-51-12-7-8-13-52(51)85-64)60(56)40(30-71)50-32-73-46-26-42(67)44(69)28-48(46)75-50/h7-10,12-21,24-28,31-33H,5-6,11,22-23H2,1-4H3/b59-39-,60-40-. The fourth-order valence-electron chi connectivity index (χ4n) is 11.4. The number of nitriles is 2. The van der Waals surface area contributed by atoms with Gasteiger partial charge in [0, 0.05) is 23.0 Å². The van der Waals surface area contributed by atoms with Crippen LogP contribution in [0.25, 0.3) is 55.2 Å². The summed E-state index contributed by atoms with van der Waals surface area (Å²) < 4.78 is 36.4. The van der Waals surface area contributed by atoms with Crippen molar-refractivity contribution in [3.8, 4) is 52.1 Å². The van der Waals surface area contributed by atoms with E-state index in [-0.39, 0.29) is 82.3 Å². The highest BCUT2D eigenvalue weighted by Crippen LogP contribution is 2.41. The summed E-state index contributed by atoms with van der Waals surface area (Å²) in [7, 11) is -2.62. The number of rotatable bonds is 14. The Labute approximate surface area is 517 Å². The van der Waals surface area contributed by atoms with Crippen molar-refractivity contribution in [1.82, 2.24) is 38.7 Å². The average Bonchev–Trinajstić information content (AvgIpc) is 1.54. The summed E-state index contributed by atoms with van der Waals surface area (Å²) in [5.41, 5.74) is 3.40. The predicted octanol–water partition coefficient (Wildman–Crippen LogP) is 11.3. The maximum atomic E-state index is 14.1. The molecular weight excluding hydrogens is 1190 g/mol. The van der Waals surface area contributed by atoms with E-state index >= 15 is 0 Å². The van der Waals surface area contributed by atoms with Gasteiger partial charge in [-0.2, -0.15) is 10.5 Å². The molecule has 0 saturated carbocycles. The first-order valence-electron chi connectivity index (χ1n) is 27.7. The van der Waals surface area contributed by atoms with Crippen LogP contribution in [0.2, 0.25) is 20.1 Å².